The molecule has 1 aromatic heterocycles. The minimum absolute atomic E-state index is 0.194. The van der Waals surface area contributed by atoms with E-state index in [-0.39, 0.29) is 5.91 Å². The number of nitrogens with zero attached hydrogens (tertiary/aromatic N) is 4. The maximum absolute atomic E-state index is 12.8. The molecule has 1 aromatic rings. The number of amides is 1. The molecule has 0 radical (unpaired) electrons. The van der Waals surface area contributed by atoms with E-state index in [0.29, 0.717) is 12.5 Å². The van der Waals surface area contributed by atoms with Crippen LogP contribution in [0.1, 0.15) is 36.7 Å². The molecular formula is C19H32N4O2. The number of hydrogen-bond donors (Lipinski definition) is 0. The van der Waals surface area contributed by atoms with Gasteiger partial charge in [-0.1, -0.05) is 6.92 Å². The molecule has 1 unspecified atom stereocenters. The van der Waals surface area contributed by atoms with E-state index >= 15 is 0 Å². The third-order valence-corrected chi connectivity index (χ3v) is 5.65. The third kappa shape index (κ3) is 4.42. The minimum atomic E-state index is 0.194. The normalized spacial score (nSPS) is 22.4. The summed E-state index contributed by atoms with van der Waals surface area (Å²) in [5, 5.41) is 4.57. The topological polar surface area (TPSA) is 50.6 Å². The Morgan fingerprint density at radius 2 is 2.08 bits per heavy atom. The molecule has 6 heteroatoms. The molecule has 2 aliphatic rings. The highest BCUT2D eigenvalue weighted by molar-refractivity contribution is 5.76. The van der Waals surface area contributed by atoms with Crippen LogP contribution in [0, 0.1) is 19.8 Å². The van der Waals surface area contributed by atoms with Crippen molar-refractivity contribution in [2.75, 3.05) is 45.9 Å². The average molecular weight is 348 g/mol. The van der Waals surface area contributed by atoms with Crippen LogP contribution in [0.5, 0.6) is 0 Å². The lowest BCUT2D eigenvalue weighted by Gasteiger charge is -2.24. The lowest BCUT2D eigenvalue weighted by Crippen LogP contribution is -2.38. The number of ether oxygens (including phenoxy) is 1. The molecule has 0 aliphatic carbocycles. The molecule has 0 spiro atoms. The molecule has 3 rings (SSSR count). The number of rotatable bonds is 5. The molecule has 0 aromatic carbocycles. The lowest BCUT2D eigenvalue weighted by atomic mass is 10.1. The molecule has 1 amide bonds. The first-order valence-electron chi connectivity index (χ1n) is 9.69. The van der Waals surface area contributed by atoms with Gasteiger partial charge in [0.15, 0.2) is 0 Å². The molecule has 6 nitrogen and oxygen atoms in total. The predicted molar refractivity (Wildman–Crippen MR) is 97.6 cm³/mol. The maximum Gasteiger partial charge on any atom is 0.244 e. The summed E-state index contributed by atoms with van der Waals surface area (Å²) in [4.78, 5) is 17.3. The highest BCUT2D eigenvalue weighted by atomic mass is 16.5. The molecule has 2 aliphatic heterocycles. The Kier molecular flexibility index (Phi) is 6.12. The van der Waals surface area contributed by atoms with E-state index in [1.807, 2.05) is 16.5 Å². The first-order valence-corrected chi connectivity index (χ1v) is 9.69. The van der Waals surface area contributed by atoms with Crippen LogP contribution in [0.15, 0.2) is 0 Å². The summed E-state index contributed by atoms with van der Waals surface area (Å²) < 4.78 is 7.37. The van der Waals surface area contributed by atoms with Crippen molar-refractivity contribution in [1.82, 2.24) is 19.6 Å². The van der Waals surface area contributed by atoms with Crippen LogP contribution >= 0.6 is 0 Å². The summed E-state index contributed by atoms with van der Waals surface area (Å²) in [5.41, 5.74) is 3.45. The molecule has 1 atom stereocenters. The van der Waals surface area contributed by atoms with Crippen molar-refractivity contribution in [2.45, 2.75) is 46.6 Å². The van der Waals surface area contributed by atoms with Crippen LogP contribution in [0.25, 0.3) is 0 Å². The van der Waals surface area contributed by atoms with Gasteiger partial charge in [-0.3, -0.25) is 9.48 Å². The fourth-order valence-corrected chi connectivity index (χ4v) is 4.12. The molecule has 140 valence electrons. The van der Waals surface area contributed by atoms with Crippen molar-refractivity contribution < 1.29 is 9.53 Å². The second kappa shape index (κ2) is 8.32. The highest BCUT2D eigenvalue weighted by Crippen LogP contribution is 2.16. The number of carbonyl (C=O) groups is 1. The maximum atomic E-state index is 12.8. The van der Waals surface area contributed by atoms with Crippen molar-refractivity contribution in [3.05, 3.63) is 17.0 Å². The number of hydrogen-bond acceptors (Lipinski definition) is 4. The molecule has 2 saturated heterocycles. The monoisotopic (exact) mass is 348 g/mol. The Labute approximate surface area is 151 Å². The SMILES string of the molecule is CCc1c(C)nn(CC(=O)N2CCCN(CC3CCOC3)CC2)c1C. The Morgan fingerprint density at radius 3 is 2.76 bits per heavy atom. The van der Waals surface area contributed by atoms with Gasteiger partial charge in [-0.05, 0) is 51.1 Å². The Balaban J connectivity index is 1.54. The zero-order valence-electron chi connectivity index (χ0n) is 16.0. The van der Waals surface area contributed by atoms with E-state index < -0.39 is 0 Å². The molecule has 0 bridgehead atoms. The summed E-state index contributed by atoms with van der Waals surface area (Å²) in [7, 11) is 0. The summed E-state index contributed by atoms with van der Waals surface area (Å²) >= 11 is 0. The number of carbonyl (C=O) groups excluding carboxylic acids is 1. The van der Waals surface area contributed by atoms with Crippen LogP contribution in [0.4, 0.5) is 0 Å². The molecule has 25 heavy (non-hydrogen) atoms. The number of aromatic nitrogens is 2. The largest absolute Gasteiger partial charge is 0.381 e. The summed E-state index contributed by atoms with van der Waals surface area (Å²) in [5.74, 6) is 0.865. The molecule has 3 heterocycles. The van der Waals surface area contributed by atoms with Gasteiger partial charge in [0.1, 0.15) is 6.54 Å². The van der Waals surface area contributed by atoms with E-state index in [4.69, 9.17) is 4.74 Å². The van der Waals surface area contributed by atoms with Crippen molar-refractivity contribution in [1.29, 1.82) is 0 Å². The lowest BCUT2D eigenvalue weighted by molar-refractivity contribution is -0.131. The van der Waals surface area contributed by atoms with E-state index in [2.05, 4.69) is 23.8 Å². The fourth-order valence-electron chi connectivity index (χ4n) is 4.12. The van der Waals surface area contributed by atoms with Crippen LogP contribution in [0.2, 0.25) is 0 Å². The smallest absolute Gasteiger partial charge is 0.244 e. The minimum Gasteiger partial charge on any atom is -0.381 e. The van der Waals surface area contributed by atoms with Crippen LogP contribution < -0.4 is 0 Å². The molecule has 0 N–H and O–H groups in total. The molecular weight excluding hydrogens is 316 g/mol. The van der Waals surface area contributed by atoms with Crippen LogP contribution in [-0.2, 0) is 22.5 Å². The highest BCUT2D eigenvalue weighted by Gasteiger charge is 2.24. The van der Waals surface area contributed by atoms with Crippen molar-refractivity contribution in [2.24, 2.45) is 5.92 Å². The summed E-state index contributed by atoms with van der Waals surface area (Å²) in [6.07, 6.45) is 3.20. The quantitative estimate of drug-likeness (QED) is 0.812. The standard InChI is InChI=1S/C19H32N4O2/c1-4-18-15(2)20-23(16(18)3)13-19(24)22-8-5-7-21(9-10-22)12-17-6-11-25-14-17/h17H,4-14H2,1-3H3. The molecule has 0 saturated carbocycles. The zero-order valence-corrected chi connectivity index (χ0v) is 16.0. The molecule has 2 fully saturated rings. The van der Waals surface area contributed by atoms with Crippen LogP contribution in [-0.4, -0.2) is 71.4 Å². The first-order chi connectivity index (χ1) is 12.1. The summed E-state index contributed by atoms with van der Waals surface area (Å²) in [6, 6.07) is 0. The van der Waals surface area contributed by atoms with Crippen molar-refractivity contribution in [3.63, 3.8) is 0 Å². The van der Waals surface area contributed by atoms with E-state index in [1.54, 1.807) is 0 Å². The summed E-state index contributed by atoms with van der Waals surface area (Å²) in [6.45, 7) is 13.3. The Bertz CT molecular complexity index is 592. The van der Waals surface area contributed by atoms with Gasteiger partial charge in [0.25, 0.3) is 0 Å². The van der Waals surface area contributed by atoms with Gasteiger partial charge in [0, 0.05) is 38.5 Å². The van der Waals surface area contributed by atoms with Crippen molar-refractivity contribution >= 4 is 5.91 Å². The van der Waals surface area contributed by atoms with Gasteiger partial charge in [-0.25, -0.2) is 0 Å². The van der Waals surface area contributed by atoms with Crippen molar-refractivity contribution in [3.8, 4) is 0 Å². The van der Waals surface area contributed by atoms with Gasteiger partial charge in [-0.2, -0.15) is 5.10 Å². The van der Waals surface area contributed by atoms with Gasteiger partial charge >= 0.3 is 0 Å². The first kappa shape index (κ1) is 18.4. The zero-order chi connectivity index (χ0) is 17.8. The van der Waals surface area contributed by atoms with Gasteiger partial charge in [-0.15, -0.1) is 0 Å². The predicted octanol–water partition coefficient (Wildman–Crippen LogP) is 1.63. The van der Waals surface area contributed by atoms with E-state index in [1.165, 1.54) is 12.0 Å². The van der Waals surface area contributed by atoms with Crippen LogP contribution in [0.3, 0.4) is 0 Å². The Hall–Kier alpha value is -1.40. The average Bonchev–Trinajstić information content (AvgIpc) is 3.10. The van der Waals surface area contributed by atoms with E-state index in [0.717, 1.165) is 70.2 Å². The second-order valence-electron chi connectivity index (χ2n) is 7.43. The fraction of sp³-hybridized carbons (Fsp3) is 0.789. The van der Waals surface area contributed by atoms with Gasteiger partial charge < -0.3 is 14.5 Å². The van der Waals surface area contributed by atoms with Gasteiger partial charge in [0.05, 0.1) is 12.3 Å². The Morgan fingerprint density at radius 1 is 1.24 bits per heavy atom. The van der Waals surface area contributed by atoms with Gasteiger partial charge in [0.2, 0.25) is 5.91 Å². The number of aryl methyl sites for hydroxylation is 1. The second-order valence-corrected chi connectivity index (χ2v) is 7.43. The van der Waals surface area contributed by atoms with E-state index in [9.17, 15) is 4.79 Å². The third-order valence-electron chi connectivity index (χ3n) is 5.65.